The van der Waals surface area contributed by atoms with Crippen molar-refractivity contribution in [3.63, 3.8) is 0 Å². The topological polar surface area (TPSA) is 64.4 Å². The molecule has 21 heavy (non-hydrogen) atoms. The summed E-state index contributed by atoms with van der Waals surface area (Å²) in [7, 11) is 0. The lowest BCUT2D eigenvalue weighted by molar-refractivity contribution is -0.384. The van der Waals surface area contributed by atoms with E-state index in [-0.39, 0.29) is 16.7 Å². The van der Waals surface area contributed by atoms with Gasteiger partial charge >= 0.3 is 0 Å². The maximum absolute atomic E-state index is 11.1. The molecule has 0 radical (unpaired) electrons. The first-order valence-electron chi connectivity index (χ1n) is 7.48. The third-order valence-electron chi connectivity index (χ3n) is 3.81. The molecule has 0 bridgehead atoms. The Bertz CT molecular complexity index is 526. The molecule has 0 aromatic heterocycles. The molecule has 1 aromatic rings. The van der Waals surface area contributed by atoms with Crippen LogP contribution in [0.15, 0.2) is 18.2 Å². The number of benzene rings is 1. The predicted octanol–water partition coefficient (Wildman–Crippen LogP) is 4.37. The van der Waals surface area contributed by atoms with Gasteiger partial charge in [-0.1, -0.05) is 13.8 Å². The van der Waals surface area contributed by atoms with Gasteiger partial charge in [-0.05, 0) is 38.5 Å². The number of anilines is 1. The summed E-state index contributed by atoms with van der Waals surface area (Å²) in [5, 5.41) is 14.5. The molecule has 1 N–H and O–H groups in total. The predicted molar refractivity (Wildman–Crippen MR) is 83.9 cm³/mol. The second-order valence-corrected chi connectivity index (χ2v) is 6.89. The highest BCUT2D eigenvalue weighted by Gasteiger charge is 2.31. The van der Waals surface area contributed by atoms with E-state index in [0.29, 0.717) is 17.2 Å². The maximum atomic E-state index is 11.1. The van der Waals surface area contributed by atoms with Gasteiger partial charge in [0.05, 0.1) is 17.1 Å². The average Bonchev–Trinajstić information content (AvgIpc) is 2.67. The largest absolute Gasteiger partial charge is 0.491 e. The Hall–Kier alpha value is -1.78. The number of nitrogens with zero attached hydrogens (tertiary/aromatic N) is 1. The summed E-state index contributed by atoms with van der Waals surface area (Å²) in [5.74, 6) is 0.541. The van der Waals surface area contributed by atoms with Gasteiger partial charge in [-0.2, -0.15) is 0 Å². The number of hydrogen-bond donors (Lipinski definition) is 1. The minimum absolute atomic E-state index is 0.00901. The Balaban J connectivity index is 2.18. The van der Waals surface area contributed by atoms with Crippen LogP contribution >= 0.6 is 0 Å². The van der Waals surface area contributed by atoms with Crippen LogP contribution in [0.25, 0.3) is 0 Å². The molecular weight excluding hydrogens is 268 g/mol. The first-order valence-corrected chi connectivity index (χ1v) is 7.48. The Kier molecular flexibility index (Phi) is 4.40. The van der Waals surface area contributed by atoms with Gasteiger partial charge in [0.1, 0.15) is 5.75 Å². The van der Waals surface area contributed by atoms with Crippen LogP contribution in [0.5, 0.6) is 5.75 Å². The molecule has 5 nitrogen and oxygen atoms in total. The van der Waals surface area contributed by atoms with Crippen molar-refractivity contribution in [3.8, 4) is 5.75 Å². The Morgan fingerprint density at radius 3 is 2.62 bits per heavy atom. The van der Waals surface area contributed by atoms with Crippen molar-refractivity contribution in [2.45, 2.75) is 59.1 Å². The summed E-state index contributed by atoms with van der Waals surface area (Å²) < 4.78 is 5.61. The SMILES string of the molecule is CC(C)Oc1cc(NC2CCC(C)(C)C2)cc([N+](=O)[O-])c1. The molecule has 1 aliphatic rings. The van der Waals surface area contributed by atoms with Gasteiger partial charge in [-0.15, -0.1) is 0 Å². The van der Waals surface area contributed by atoms with Crippen LogP contribution in [0.2, 0.25) is 0 Å². The molecule has 5 heteroatoms. The molecule has 1 fully saturated rings. The highest BCUT2D eigenvalue weighted by molar-refractivity contribution is 5.57. The average molecular weight is 292 g/mol. The van der Waals surface area contributed by atoms with Gasteiger partial charge in [0.25, 0.3) is 5.69 Å². The quantitative estimate of drug-likeness (QED) is 0.646. The number of non-ortho nitro benzene ring substituents is 1. The van der Waals surface area contributed by atoms with Gasteiger partial charge in [0, 0.05) is 23.9 Å². The molecule has 1 saturated carbocycles. The van der Waals surface area contributed by atoms with Crippen LogP contribution in [-0.2, 0) is 0 Å². The summed E-state index contributed by atoms with van der Waals surface area (Å²) in [6, 6.07) is 5.27. The van der Waals surface area contributed by atoms with Gasteiger partial charge in [-0.25, -0.2) is 0 Å². The molecule has 0 saturated heterocycles. The maximum Gasteiger partial charge on any atom is 0.275 e. The molecule has 116 valence electrons. The van der Waals surface area contributed by atoms with Crippen molar-refractivity contribution < 1.29 is 9.66 Å². The summed E-state index contributed by atoms with van der Waals surface area (Å²) in [5.41, 5.74) is 1.17. The zero-order chi connectivity index (χ0) is 15.6. The smallest absolute Gasteiger partial charge is 0.275 e. The van der Waals surface area contributed by atoms with Crippen molar-refractivity contribution in [1.29, 1.82) is 0 Å². The lowest BCUT2D eigenvalue weighted by Gasteiger charge is -2.19. The number of hydrogen-bond acceptors (Lipinski definition) is 4. The van der Waals surface area contributed by atoms with Gasteiger partial charge < -0.3 is 10.1 Å². The zero-order valence-electron chi connectivity index (χ0n) is 13.2. The molecule has 1 aliphatic carbocycles. The lowest BCUT2D eigenvalue weighted by atomic mass is 9.92. The van der Waals surface area contributed by atoms with E-state index >= 15 is 0 Å². The minimum Gasteiger partial charge on any atom is -0.491 e. The molecule has 1 aromatic carbocycles. The van der Waals surface area contributed by atoms with Crippen LogP contribution in [0.1, 0.15) is 47.0 Å². The highest BCUT2D eigenvalue weighted by atomic mass is 16.6. The van der Waals surface area contributed by atoms with Crippen molar-refractivity contribution in [2.24, 2.45) is 5.41 Å². The van der Waals surface area contributed by atoms with Crippen LogP contribution in [0.3, 0.4) is 0 Å². The Morgan fingerprint density at radius 1 is 1.38 bits per heavy atom. The number of nitrogens with one attached hydrogen (secondary N) is 1. The molecule has 1 unspecified atom stereocenters. The Labute approximate surface area is 125 Å². The molecule has 1 atom stereocenters. The summed E-state index contributed by atoms with van der Waals surface area (Å²) in [6.07, 6.45) is 3.34. The third kappa shape index (κ3) is 4.34. The van der Waals surface area contributed by atoms with E-state index < -0.39 is 0 Å². The van der Waals surface area contributed by atoms with E-state index in [4.69, 9.17) is 4.74 Å². The van der Waals surface area contributed by atoms with Crippen LogP contribution < -0.4 is 10.1 Å². The van der Waals surface area contributed by atoms with E-state index in [1.807, 2.05) is 19.9 Å². The standard InChI is InChI=1S/C16H24N2O3/c1-11(2)21-15-8-13(7-14(9-15)18(19)20)17-12-5-6-16(3,4)10-12/h7-9,11-12,17H,5-6,10H2,1-4H3. The summed E-state index contributed by atoms with van der Waals surface area (Å²) >= 11 is 0. The fourth-order valence-electron chi connectivity index (χ4n) is 2.91. The molecule has 2 rings (SSSR count). The minimum atomic E-state index is -0.378. The van der Waals surface area contributed by atoms with Gasteiger partial charge in [-0.3, -0.25) is 10.1 Å². The monoisotopic (exact) mass is 292 g/mol. The molecule has 0 amide bonds. The van der Waals surface area contributed by atoms with Crippen LogP contribution in [0.4, 0.5) is 11.4 Å². The number of nitro benzene ring substituents is 1. The van der Waals surface area contributed by atoms with Gasteiger partial charge in [0.15, 0.2) is 0 Å². The van der Waals surface area contributed by atoms with Crippen molar-refractivity contribution in [2.75, 3.05) is 5.32 Å². The van der Waals surface area contributed by atoms with Crippen molar-refractivity contribution in [3.05, 3.63) is 28.3 Å². The fraction of sp³-hybridized carbons (Fsp3) is 0.625. The highest BCUT2D eigenvalue weighted by Crippen LogP contribution is 2.39. The molecule has 0 spiro atoms. The number of ether oxygens (including phenoxy) is 1. The summed E-state index contributed by atoms with van der Waals surface area (Å²) in [4.78, 5) is 10.7. The molecule has 0 aliphatic heterocycles. The van der Waals surface area contributed by atoms with Crippen LogP contribution in [0, 0.1) is 15.5 Å². The van der Waals surface area contributed by atoms with E-state index in [0.717, 1.165) is 18.5 Å². The normalized spacial score (nSPS) is 20.5. The summed E-state index contributed by atoms with van der Waals surface area (Å²) in [6.45, 7) is 8.34. The van der Waals surface area contributed by atoms with Gasteiger partial charge in [0.2, 0.25) is 0 Å². The second kappa shape index (κ2) is 5.92. The fourth-order valence-corrected chi connectivity index (χ4v) is 2.91. The molecular formula is C16H24N2O3. The van der Waals surface area contributed by atoms with E-state index in [1.54, 1.807) is 6.07 Å². The molecule has 0 heterocycles. The Morgan fingerprint density at radius 2 is 2.10 bits per heavy atom. The van der Waals surface area contributed by atoms with Crippen LogP contribution in [-0.4, -0.2) is 17.1 Å². The van der Waals surface area contributed by atoms with Crippen molar-refractivity contribution in [1.82, 2.24) is 0 Å². The third-order valence-corrected chi connectivity index (χ3v) is 3.81. The number of nitro groups is 1. The number of rotatable bonds is 5. The van der Waals surface area contributed by atoms with Crippen molar-refractivity contribution >= 4 is 11.4 Å². The first-order chi connectivity index (χ1) is 9.75. The second-order valence-electron chi connectivity index (χ2n) is 6.89. The van der Waals surface area contributed by atoms with E-state index in [1.165, 1.54) is 12.5 Å². The first kappa shape index (κ1) is 15.6. The van der Waals surface area contributed by atoms with E-state index in [9.17, 15) is 10.1 Å². The zero-order valence-corrected chi connectivity index (χ0v) is 13.2. The van der Waals surface area contributed by atoms with E-state index in [2.05, 4.69) is 19.2 Å². The lowest BCUT2D eigenvalue weighted by Crippen LogP contribution is -2.17.